The van der Waals surface area contributed by atoms with E-state index in [4.69, 9.17) is 9.73 Å². The van der Waals surface area contributed by atoms with Crippen molar-refractivity contribution in [1.29, 1.82) is 0 Å². The molecule has 5 nitrogen and oxygen atoms in total. The van der Waals surface area contributed by atoms with Crippen LogP contribution >= 0.6 is 24.0 Å². The number of nitrogens with one attached hydrogen (secondary N) is 2. The number of hydrogen-bond donors (Lipinski definition) is 2. The maximum absolute atomic E-state index is 5.77. The van der Waals surface area contributed by atoms with Gasteiger partial charge in [0.05, 0.1) is 13.2 Å². The first-order valence-electron chi connectivity index (χ1n) is 10.0. The van der Waals surface area contributed by atoms with E-state index in [1.54, 1.807) is 0 Å². The van der Waals surface area contributed by atoms with Crippen LogP contribution in [0.15, 0.2) is 23.2 Å². The fourth-order valence-electron chi connectivity index (χ4n) is 3.33. The van der Waals surface area contributed by atoms with Crippen LogP contribution in [0.5, 0.6) is 5.75 Å². The maximum Gasteiger partial charge on any atom is 0.191 e. The third-order valence-corrected chi connectivity index (χ3v) is 4.96. The highest BCUT2D eigenvalue weighted by atomic mass is 127. The summed E-state index contributed by atoms with van der Waals surface area (Å²) in [5, 5.41) is 6.85. The molecular formula is C21H37IN4O. The zero-order chi connectivity index (χ0) is 18.8. The summed E-state index contributed by atoms with van der Waals surface area (Å²) in [5.41, 5.74) is 2.34. The third-order valence-electron chi connectivity index (χ3n) is 4.96. The Hall–Kier alpha value is -1.02. The molecule has 0 saturated carbocycles. The van der Waals surface area contributed by atoms with E-state index in [1.165, 1.54) is 37.9 Å². The number of piperidine rings is 1. The number of nitrogens with zero attached hydrogens (tertiary/aromatic N) is 2. The summed E-state index contributed by atoms with van der Waals surface area (Å²) in [6.07, 6.45) is 3.84. The van der Waals surface area contributed by atoms with Crippen LogP contribution in [0.2, 0.25) is 0 Å². The monoisotopic (exact) mass is 488 g/mol. The fraction of sp³-hybridized carbons (Fsp3) is 0.667. The van der Waals surface area contributed by atoms with Crippen molar-refractivity contribution >= 4 is 29.9 Å². The molecule has 0 atom stereocenters. The average Bonchev–Trinajstić information content (AvgIpc) is 2.63. The molecule has 1 heterocycles. The molecule has 0 aromatic heterocycles. The molecule has 1 aliphatic rings. The normalized spacial score (nSPS) is 15.9. The van der Waals surface area contributed by atoms with Crippen molar-refractivity contribution in [1.82, 2.24) is 15.5 Å². The van der Waals surface area contributed by atoms with E-state index >= 15 is 0 Å². The van der Waals surface area contributed by atoms with Crippen LogP contribution in [0.4, 0.5) is 0 Å². The van der Waals surface area contributed by atoms with E-state index in [0.29, 0.717) is 13.2 Å². The zero-order valence-electron chi connectivity index (χ0n) is 17.4. The van der Waals surface area contributed by atoms with Gasteiger partial charge in [-0.3, -0.25) is 0 Å². The highest BCUT2D eigenvalue weighted by Gasteiger charge is 2.16. The first-order chi connectivity index (χ1) is 12.6. The van der Waals surface area contributed by atoms with Gasteiger partial charge in [-0.15, -0.1) is 24.0 Å². The molecule has 0 unspecified atom stereocenters. The number of aryl methyl sites for hydroxylation is 1. The maximum atomic E-state index is 5.77. The van der Waals surface area contributed by atoms with Crippen LogP contribution in [-0.2, 0) is 6.54 Å². The SMILES string of the molecule is CCNC(=NCc1ccc(C)cc1OCC)NCCC1CCN(C)CC1.I. The number of benzene rings is 1. The van der Waals surface area contributed by atoms with E-state index in [-0.39, 0.29) is 24.0 Å². The van der Waals surface area contributed by atoms with Crippen molar-refractivity contribution in [2.45, 2.75) is 46.6 Å². The number of likely N-dealkylation sites (tertiary alicyclic amines) is 1. The minimum absolute atomic E-state index is 0. The first kappa shape index (κ1) is 24.0. The second kappa shape index (κ2) is 13.2. The van der Waals surface area contributed by atoms with Gasteiger partial charge in [0, 0.05) is 18.7 Å². The van der Waals surface area contributed by atoms with Gasteiger partial charge in [0.25, 0.3) is 0 Å². The molecule has 1 fully saturated rings. The first-order valence-corrected chi connectivity index (χ1v) is 10.0. The van der Waals surface area contributed by atoms with Gasteiger partial charge in [0.1, 0.15) is 5.75 Å². The highest BCUT2D eigenvalue weighted by molar-refractivity contribution is 14.0. The summed E-state index contributed by atoms with van der Waals surface area (Å²) < 4.78 is 5.77. The van der Waals surface area contributed by atoms with E-state index < -0.39 is 0 Å². The Bertz CT molecular complexity index is 571. The molecule has 0 spiro atoms. The molecule has 0 aliphatic carbocycles. The number of hydrogen-bond acceptors (Lipinski definition) is 3. The van der Waals surface area contributed by atoms with Gasteiger partial charge in [-0.2, -0.15) is 0 Å². The molecule has 27 heavy (non-hydrogen) atoms. The molecule has 0 amide bonds. The van der Waals surface area contributed by atoms with E-state index in [9.17, 15) is 0 Å². The summed E-state index contributed by atoms with van der Waals surface area (Å²) in [6.45, 7) is 11.8. The molecule has 1 aliphatic heterocycles. The van der Waals surface area contributed by atoms with E-state index in [2.05, 4.69) is 54.6 Å². The van der Waals surface area contributed by atoms with Gasteiger partial charge in [-0.25, -0.2) is 4.99 Å². The van der Waals surface area contributed by atoms with Gasteiger partial charge in [-0.1, -0.05) is 12.1 Å². The Morgan fingerprint density at radius 2 is 1.96 bits per heavy atom. The number of guanidine groups is 1. The van der Waals surface area contributed by atoms with Crippen LogP contribution in [0, 0.1) is 12.8 Å². The molecule has 6 heteroatoms. The number of ether oxygens (including phenoxy) is 1. The second-order valence-corrected chi connectivity index (χ2v) is 7.20. The minimum Gasteiger partial charge on any atom is -0.494 e. The standard InChI is InChI=1S/C21H36N4O.HI/c1-5-22-21(23-12-9-18-10-13-25(4)14-11-18)24-16-19-8-7-17(3)15-20(19)26-6-2;/h7-8,15,18H,5-6,9-14,16H2,1-4H3,(H2,22,23,24);1H. The Kier molecular flexibility index (Phi) is 11.7. The van der Waals surface area contributed by atoms with Gasteiger partial charge in [0.15, 0.2) is 5.96 Å². The van der Waals surface area contributed by atoms with Crippen molar-refractivity contribution in [3.05, 3.63) is 29.3 Å². The summed E-state index contributed by atoms with van der Waals surface area (Å²) >= 11 is 0. The van der Waals surface area contributed by atoms with Crippen LogP contribution in [0.3, 0.4) is 0 Å². The molecule has 2 N–H and O–H groups in total. The largest absolute Gasteiger partial charge is 0.494 e. The summed E-state index contributed by atoms with van der Waals surface area (Å²) in [5.74, 6) is 2.67. The van der Waals surface area contributed by atoms with Gasteiger partial charge in [0.2, 0.25) is 0 Å². The Morgan fingerprint density at radius 1 is 1.22 bits per heavy atom. The predicted octanol–water partition coefficient (Wildman–Crippen LogP) is 3.80. The van der Waals surface area contributed by atoms with Crippen molar-refractivity contribution < 1.29 is 4.74 Å². The Balaban J connectivity index is 0.00000364. The van der Waals surface area contributed by atoms with E-state index in [0.717, 1.165) is 36.3 Å². The van der Waals surface area contributed by atoms with Crippen LogP contribution in [0.25, 0.3) is 0 Å². The molecule has 1 aromatic rings. The lowest BCUT2D eigenvalue weighted by Gasteiger charge is -2.29. The molecule has 0 bridgehead atoms. The topological polar surface area (TPSA) is 48.9 Å². The predicted molar refractivity (Wildman–Crippen MR) is 125 cm³/mol. The fourth-order valence-corrected chi connectivity index (χ4v) is 3.33. The zero-order valence-corrected chi connectivity index (χ0v) is 19.7. The second-order valence-electron chi connectivity index (χ2n) is 7.20. The molecule has 2 rings (SSSR count). The Labute approximate surface area is 182 Å². The summed E-state index contributed by atoms with van der Waals surface area (Å²) in [7, 11) is 2.21. The molecule has 154 valence electrons. The van der Waals surface area contributed by atoms with Crippen LogP contribution in [0.1, 0.15) is 44.2 Å². The van der Waals surface area contributed by atoms with Crippen molar-refractivity contribution in [2.24, 2.45) is 10.9 Å². The average molecular weight is 488 g/mol. The molecule has 1 aromatic carbocycles. The lowest BCUT2D eigenvalue weighted by atomic mass is 9.94. The van der Waals surface area contributed by atoms with Gasteiger partial charge >= 0.3 is 0 Å². The molecular weight excluding hydrogens is 451 g/mol. The smallest absolute Gasteiger partial charge is 0.191 e. The van der Waals surface area contributed by atoms with Crippen LogP contribution < -0.4 is 15.4 Å². The van der Waals surface area contributed by atoms with Crippen molar-refractivity contribution in [3.8, 4) is 5.75 Å². The molecule has 1 saturated heterocycles. The van der Waals surface area contributed by atoms with E-state index in [1.807, 2.05) is 6.92 Å². The van der Waals surface area contributed by atoms with Crippen molar-refractivity contribution in [3.63, 3.8) is 0 Å². The van der Waals surface area contributed by atoms with Crippen LogP contribution in [-0.4, -0.2) is 50.7 Å². The summed E-state index contributed by atoms with van der Waals surface area (Å²) in [4.78, 5) is 7.18. The number of rotatable bonds is 8. The van der Waals surface area contributed by atoms with Gasteiger partial charge in [-0.05, 0) is 77.7 Å². The third kappa shape index (κ3) is 8.68. The van der Waals surface area contributed by atoms with Gasteiger partial charge < -0.3 is 20.3 Å². The Morgan fingerprint density at radius 3 is 2.63 bits per heavy atom. The molecule has 0 radical (unpaired) electrons. The quantitative estimate of drug-likeness (QED) is 0.332. The minimum atomic E-state index is 0. The lowest BCUT2D eigenvalue weighted by Crippen LogP contribution is -2.39. The van der Waals surface area contributed by atoms with Crippen molar-refractivity contribution in [2.75, 3.05) is 39.8 Å². The number of halogens is 1. The number of aliphatic imine (C=N–C) groups is 1. The summed E-state index contributed by atoms with van der Waals surface area (Å²) in [6, 6.07) is 6.33. The lowest BCUT2D eigenvalue weighted by molar-refractivity contribution is 0.213. The highest BCUT2D eigenvalue weighted by Crippen LogP contribution is 2.21.